The molecule has 3 aromatic rings. The fourth-order valence-corrected chi connectivity index (χ4v) is 5.04. The summed E-state index contributed by atoms with van der Waals surface area (Å²) in [7, 11) is 0. The average molecular weight is 433 g/mol. The Labute approximate surface area is 185 Å². The predicted molar refractivity (Wildman–Crippen MR) is 121 cm³/mol. The first-order valence-corrected chi connectivity index (χ1v) is 11.6. The maximum absolute atomic E-state index is 10.3. The summed E-state index contributed by atoms with van der Waals surface area (Å²) < 4.78 is 6.39. The molecule has 2 aromatic heterocycles. The number of rotatable bonds is 6. The minimum absolute atomic E-state index is 0.202. The second kappa shape index (κ2) is 8.66. The van der Waals surface area contributed by atoms with Gasteiger partial charge in [-0.15, -0.1) is 11.3 Å². The van der Waals surface area contributed by atoms with Crippen molar-refractivity contribution in [3.05, 3.63) is 52.7 Å². The van der Waals surface area contributed by atoms with E-state index in [1.165, 1.54) is 6.42 Å². The lowest BCUT2D eigenvalue weighted by Gasteiger charge is -2.28. The number of fused-ring (bicyclic) bond motifs is 1. The van der Waals surface area contributed by atoms with Crippen LogP contribution in [0.1, 0.15) is 54.3 Å². The number of aryl methyl sites for hydroxylation is 1. The third-order valence-corrected chi connectivity index (χ3v) is 6.99. The van der Waals surface area contributed by atoms with Gasteiger partial charge in [0.15, 0.2) is 16.7 Å². The Balaban J connectivity index is 1.49. The molecule has 5 rings (SSSR count). The minimum atomic E-state index is -0.479. The lowest BCUT2D eigenvalue weighted by atomic mass is 9.96. The smallest absolute Gasteiger partial charge is 0.188 e. The van der Waals surface area contributed by atoms with Crippen LogP contribution in [0.25, 0.3) is 11.1 Å². The van der Waals surface area contributed by atoms with Crippen LogP contribution in [-0.2, 0) is 12.8 Å². The van der Waals surface area contributed by atoms with E-state index in [-0.39, 0.29) is 6.10 Å². The van der Waals surface area contributed by atoms with Gasteiger partial charge in [-0.2, -0.15) is 5.26 Å². The van der Waals surface area contributed by atoms with Crippen LogP contribution in [0.3, 0.4) is 0 Å². The molecule has 7 heteroatoms. The quantitative estimate of drug-likeness (QED) is 0.548. The molecule has 0 radical (unpaired) electrons. The van der Waals surface area contributed by atoms with Gasteiger partial charge in [0.05, 0.1) is 30.4 Å². The second-order valence-electron chi connectivity index (χ2n) is 8.10. The Morgan fingerprint density at radius 1 is 1.16 bits per heavy atom. The van der Waals surface area contributed by atoms with Gasteiger partial charge < -0.3 is 15.2 Å². The van der Waals surface area contributed by atoms with Gasteiger partial charge in [0.2, 0.25) is 0 Å². The number of aromatic nitrogens is 2. The molecule has 1 saturated carbocycles. The molecule has 0 saturated heterocycles. The molecule has 2 aliphatic carbocycles. The van der Waals surface area contributed by atoms with Crippen LogP contribution in [0.2, 0.25) is 0 Å². The maximum atomic E-state index is 10.3. The summed E-state index contributed by atoms with van der Waals surface area (Å²) in [6, 6.07) is 12.2. The molecule has 0 spiro atoms. The Hall–Kier alpha value is -2.95. The number of nitrogens with zero attached hydrogens (tertiary/aromatic N) is 3. The van der Waals surface area contributed by atoms with Gasteiger partial charge in [0.1, 0.15) is 0 Å². The number of thiazole rings is 1. The van der Waals surface area contributed by atoms with Gasteiger partial charge >= 0.3 is 0 Å². The van der Waals surface area contributed by atoms with E-state index in [9.17, 15) is 5.11 Å². The zero-order chi connectivity index (χ0) is 21.2. The monoisotopic (exact) mass is 432 g/mol. The van der Waals surface area contributed by atoms with Crippen molar-refractivity contribution in [1.82, 2.24) is 9.97 Å². The van der Waals surface area contributed by atoms with Crippen LogP contribution in [0.5, 0.6) is 5.75 Å². The highest BCUT2D eigenvalue weighted by Gasteiger charge is 2.26. The van der Waals surface area contributed by atoms with Crippen LogP contribution in [0.15, 0.2) is 36.5 Å². The van der Waals surface area contributed by atoms with Crippen molar-refractivity contribution >= 4 is 22.3 Å². The second-order valence-corrected chi connectivity index (χ2v) is 9.18. The van der Waals surface area contributed by atoms with Crippen molar-refractivity contribution in [2.24, 2.45) is 0 Å². The van der Waals surface area contributed by atoms with Crippen LogP contribution >= 0.6 is 11.3 Å². The number of anilines is 2. The maximum Gasteiger partial charge on any atom is 0.188 e. The van der Waals surface area contributed by atoms with Crippen LogP contribution in [-0.4, -0.2) is 21.2 Å². The molecule has 31 heavy (non-hydrogen) atoms. The van der Waals surface area contributed by atoms with Gasteiger partial charge in [0.25, 0.3) is 0 Å². The summed E-state index contributed by atoms with van der Waals surface area (Å²) in [5.41, 5.74) is 3.78. The number of pyridine rings is 1. The zero-order valence-electron chi connectivity index (χ0n) is 17.2. The fraction of sp³-hybridized carbons (Fsp3) is 0.375. The molecule has 158 valence electrons. The number of benzene rings is 1. The van der Waals surface area contributed by atoms with Crippen LogP contribution < -0.4 is 10.1 Å². The normalized spacial score (nSPS) is 18.0. The van der Waals surface area contributed by atoms with E-state index < -0.39 is 6.10 Å². The molecule has 1 atom stereocenters. The molecule has 2 heterocycles. The molecule has 0 amide bonds. The van der Waals surface area contributed by atoms with Gasteiger partial charge in [-0.25, -0.2) is 9.97 Å². The summed E-state index contributed by atoms with van der Waals surface area (Å²) in [5, 5.41) is 23.3. The van der Waals surface area contributed by atoms with E-state index in [0.717, 1.165) is 70.2 Å². The fourth-order valence-electron chi connectivity index (χ4n) is 3.98. The Kier molecular flexibility index (Phi) is 5.58. The first-order chi connectivity index (χ1) is 15.2. The van der Waals surface area contributed by atoms with Crippen molar-refractivity contribution in [2.45, 2.75) is 57.2 Å². The highest BCUT2D eigenvalue weighted by Crippen LogP contribution is 2.41. The highest BCUT2D eigenvalue weighted by molar-refractivity contribution is 7.15. The van der Waals surface area contributed by atoms with E-state index in [2.05, 4.69) is 21.4 Å². The van der Waals surface area contributed by atoms with E-state index in [1.54, 1.807) is 17.5 Å². The minimum Gasteiger partial charge on any atom is -0.486 e. The number of nitrogens with one attached hydrogen (secondary N) is 1. The zero-order valence-corrected chi connectivity index (χ0v) is 18.0. The van der Waals surface area contributed by atoms with Crippen LogP contribution in [0.4, 0.5) is 10.9 Å². The first-order valence-electron chi connectivity index (χ1n) is 10.8. The van der Waals surface area contributed by atoms with Gasteiger partial charge in [-0.1, -0.05) is 24.3 Å². The van der Waals surface area contributed by atoms with Gasteiger partial charge in [0, 0.05) is 16.6 Å². The number of hydrogen-bond donors (Lipinski definition) is 2. The number of aliphatic hydroxyl groups is 1. The third kappa shape index (κ3) is 4.14. The highest BCUT2D eigenvalue weighted by atomic mass is 32.1. The summed E-state index contributed by atoms with van der Waals surface area (Å²) in [6.07, 6.45) is 7.89. The number of nitriles is 1. The summed E-state index contributed by atoms with van der Waals surface area (Å²) >= 11 is 1.58. The van der Waals surface area contributed by atoms with Crippen molar-refractivity contribution in [3.8, 4) is 22.9 Å². The number of aliphatic hydroxyl groups excluding tert-OH is 1. The average Bonchev–Trinajstić information content (AvgIpc) is 3.16. The third-order valence-electron chi connectivity index (χ3n) is 5.94. The van der Waals surface area contributed by atoms with Crippen molar-refractivity contribution in [1.29, 1.82) is 5.26 Å². The SMILES string of the molecule is N#CCc1ccc(-c2ccnc(Nc3nc4c(s3)CCCC4O)c2OC2CCC2)cc1. The lowest BCUT2D eigenvalue weighted by molar-refractivity contribution is 0.121. The Bertz CT molecular complexity index is 1120. The Morgan fingerprint density at radius 2 is 2.00 bits per heavy atom. The van der Waals surface area contributed by atoms with E-state index >= 15 is 0 Å². The van der Waals surface area contributed by atoms with Crippen LogP contribution in [0, 0.1) is 11.3 Å². The topological polar surface area (TPSA) is 91.1 Å². The molecule has 6 nitrogen and oxygen atoms in total. The summed E-state index contributed by atoms with van der Waals surface area (Å²) in [5.74, 6) is 1.38. The summed E-state index contributed by atoms with van der Waals surface area (Å²) in [6.45, 7) is 0. The van der Waals surface area contributed by atoms with Gasteiger partial charge in [-0.3, -0.25) is 0 Å². The number of hydrogen-bond acceptors (Lipinski definition) is 7. The molecule has 1 aromatic carbocycles. The van der Waals surface area contributed by atoms with E-state index in [0.29, 0.717) is 12.2 Å². The van der Waals surface area contributed by atoms with Gasteiger partial charge in [-0.05, 0) is 55.7 Å². The molecule has 2 N–H and O–H groups in total. The van der Waals surface area contributed by atoms with E-state index in [1.807, 2.05) is 30.3 Å². The molecule has 1 unspecified atom stereocenters. The molecule has 2 aliphatic rings. The first kappa shape index (κ1) is 20.0. The lowest BCUT2D eigenvalue weighted by Crippen LogP contribution is -2.25. The molecular formula is C24H24N4O2S. The van der Waals surface area contributed by atoms with E-state index in [4.69, 9.17) is 10.00 Å². The molecule has 1 fully saturated rings. The van der Waals surface area contributed by atoms with Crippen molar-refractivity contribution in [3.63, 3.8) is 0 Å². The molecular weight excluding hydrogens is 408 g/mol. The number of ether oxygens (including phenoxy) is 1. The Morgan fingerprint density at radius 3 is 2.71 bits per heavy atom. The largest absolute Gasteiger partial charge is 0.486 e. The van der Waals surface area contributed by atoms with Crippen molar-refractivity contribution < 1.29 is 9.84 Å². The summed E-state index contributed by atoms with van der Waals surface area (Å²) in [4.78, 5) is 10.4. The standard InChI is InChI=1S/C24H24N4O2S/c25-13-11-15-7-9-16(10-8-15)18-12-14-26-23(22(18)30-17-3-1-4-17)28-24-27-21-19(29)5-2-6-20(21)31-24/h7-10,12,14,17,19,29H,1-6,11H2,(H,26,27,28). The molecule has 0 aliphatic heterocycles. The predicted octanol–water partition coefficient (Wildman–Crippen LogP) is 5.32. The molecule has 0 bridgehead atoms. The van der Waals surface area contributed by atoms with Crippen molar-refractivity contribution in [2.75, 3.05) is 5.32 Å².